The highest BCUT2D eigenvalue weighted by atomic mass is 16.2. The number of carbonyl (C=O) groups is 2. The Labute approximate surface area is 190 Å². The summed E-state index contributed by atoms with van der Waals surface area (Å²) in [5.74, 6) is -0.865. The molecular weight excluding hydrogens is 412 g/mol. The van der Waals surface area contributed by atoms with Crippen molar-refractivity contribution in [2.24, 2.45) is 5.41 Å². The second-order valence-corrected chi connectivity index (χ2v) is 8.87. The zero-order chi connectivity index (χ0) is 23.0. The number of para-hydroxylation sites is 1. The van der Waals surface area contributed by atoms with Crippen molar-refractivity contribution in [2.45, 2.75) is 24.3 Å². The van der Waals surface area contributed by atoms with E-state index >= 15 is 0 Å². The van der Waals surface area contributed by atoms with Gasteiger partial charge in [-0.2, -0.15) is 10.5 Å². The van der Waals surface area contributed by atoms with Gasteiger partial charge in [0, 0.05) is 11.4 Å². The topological polar surface area (TPSA) is 97.0 Å². The van der Waals surface area contributed by atoms with Crippen LogP contribution in [0.2, 0.25) is 0 Å². The fourth-order valence-electron chi connectivity index (χ4n) is 6.18. The van der Waals surface area contributed by atoms with Crippen molar-refractivity contribution >= 4 is 23.2 Å². The van der Waals surface area contributed by atoms with E-state index in [9.17, 15) is 20.1 Å². The van der Waals surface area contributed by atoms with Crippen molar-refractivity contribution in [1.82, 2.24) is 0 Å². The number of nitriles is 2. The summed E-state index contributed by atoms with van der Waals surface area (Å²) in [4.78, 5) is 29.6. The minimum atomic E-state index is -1.86. The predicted molar refractivity (Wildman–Crippen MR) is 121 cm³/mol. The van der Waals surface area contributed by atoms with Crippen molar-refractivity contribution in [2.75, 3.05) is 10.2 Å². The molecule has 6 heteroatoms. The molecule has 3 aromatic carbocycles. The van der Waals surface area contributed by atoms with Gasteiger partial charge in [-0.1, -0.05) is 66.2 Å². The summed E-state index contributed by atoms with van der Waals surface area (Å²) in [7, 11) is 0. The Hall–Kier alpha value is -4.42. The van der Waals surface area contributed by atoms with Crippen molar-refractivity contribution < 1.29 is 9.59 Å². The molecule has 0 unspecified atom stereocenters. The molecule has 0 radical (unpaired) electrons. The molecule has 6 nitrogen and oxygen atoms in total. The number of nitrogens with zero attached hydrogens (tertiary/aromatic N) is 3. The highest BCUT2D eigenvalue weighted by Gasteiger charge is 3.00. The van der Waals surface area contributed by atoms with E-state index in [1.54, 1.807) is 23.1 Å². The van der Waals surface area contributed by atoms with Crippen molar-refractivity contribution in [3.8, 4) is 12.1 Å². The Morgan fingerprint density at radius 3 is 2.30 bits per heavy atom. The van der Waals surface area contributed by atoms with Gasteiger partial charge in [0.1, 0.15) is 10.8 Å². The molecule has 2 atom stereocenters. The van der Waals surface area contributed by atoms with E-state index in [1.807, 2.05) is 61.5 Å². The highest BCUT2D eigenvalue weighted by Crippen LogP contribution is 2.83. The minimum Gasteiger partial charge on any atom is -0.325 e. The third-order valence-corrected chi connectivity index (χ3v) is 7.48. The van der Waals surface area contributed by atoms with Crippen LogP contribution in [-0.2, 0) is 27.0 Å². The summed E-state index contributed by atoms with van der Waals surface area (Å²) in [6.45, 7) is 2.17. The summed E-state index contributed by atoms with van der Waals surface area (Å²) in [6.07, 6.45) is 0. The van der Waals surface area contributed by atoms with Crippen molar-refractivity contribution in [3.63, 3.8) is 0 Å². The van der Waals surface area contributed by atoms with Crippen LogP contribution in [0.25, 0.3) is 0 Å². The first-order valence-corrected chi connectivity index (χ1v) is 10.7. The quantitative estimate of drug-likeness (QED) is 0.670. The third kappa shape index (κ3) is 1.86. The second kappa shape index (κ2) is 6.09. The summed E-state index contributed by atoms with van der Waals surface area (Å²) in [5.41, 5.74) is -1.01. The smallest absolute Gasteiger partial charge is 0.242 e. The Bertz CT molecular complexity index is 1450. The fourth-order valence-corrected chi connectivity index (χ4v) is 6.18. The summed E-state index contributed by atoms with van der Waals surface area (Å²) < 4.78 is 0. The van der Waals surface area contributed by atoms with Gasteiger partial charge < -0.3 is 10.2 Å². The van der Waals surface area contributed by atoms with E-state index in [4.69, 9.17) is 0 Å². The summed E-state index contributed by atoms with van der Waals surface area (Å²) in [5, 5.41) is 23.7. The molecule has 2 amide bonds. The zero-order valence-electron chi connectivity index (χ0n) is 17.8. The van der Waals surface area contributed by atoms with Crippen LogP contribution >= 0.6 is 0 Å². The normalized spacial score (nSPS) is 25.4. The second-order valence-electron chi connectivity index (χ2n) is 8.87. The molecule has 2 spiro atoms. The van der Waals surface area contributed by atoms with Gasteiger partial charge in [-0.05, 0) is 35.7 Å². The number of fused-ring (bicyclic) bond motifs is 5. The lowest BCUT2D eigenvalue weighted by molar-refractivity contribution is -0.124. The molecular formula is C27H18N4O2. The summed E-state index contributed by atoms with van der Waals surface area (Å²) >= 11 is 0. The van der Waals surface area contributed by atoms with Crippen molar-refractivity contribution in [1.29, 1.82) is 10.5 Å². The maximum Gasteiger partial charge on any atom is 0.242 e. The molecule has 0 bridgehead atoms. The summed E-state index contributed by atoms with van der Waals surface area (Å²) in [6, 6.07) is 26.5. The van der Waals surface area contributed by atoms with Gasteiger partial charge >= 0.3 is 0 Å². The van der Waals surface area contributed by atoms with Gasteiger partial charge in [0.15, 0.2) is 5.41 Å². The molecule has 1 N–H and O–H groups in total. The Kier molecular flexibility index (Phi) is 3.56. The minimum absolute atomic E-state index is 0.281. The number of amides is 2. The first-order chi connectivity index (χ1) is 16.0. The van der Waals surface area contributed by atoms with Crippen LogP contribution in [0.5, 0.6) is 0 Å². The van der Waals surface area contributed by atoms with Gasteiger partial charge in [-0.15, -0.1) is 0 Å². The lowest BCUT2D eigenvalue weighted by Crippen LogP contribution is -2.38. The standard InChI is InChI=1S/C27H18N4O2/c1-17-11-12-21-20(13-17)26(23(32)30-21)25(15-28,16-29)27(26)19-9-5-6-10-22(19)31(24(27)33)14-18-7-3-2-4-8-18/h2-13H,14H2,1H3,(H,30,32)/t26-,27-/m1/s1. The van der Waals surface area contributed by atoms with Crippen LogP contribution in [0.1, 0.15) is 22.3 Å². The van der Waals surface area contributed by atoms with E-state index in [1.165, 1.54) is 0 Å². The first kappa shape index (κ1) is 19.3. The lowest BCUT2D eigenvalue weighted by atomic mass is 9.82. The van der Waals surface area contributed by atoms with Crippen LogP contribution in [0, 0.1) is 35.0 Å². The van der Waals surface area contributed by atoms with Crippen LogP contribution in [-0.4, -0.2) is 11.8 Å². The lowest BCUT2D eigenvalue weighted by Gasteiger charge is -2.19. The molecule has 158 valence electrons. The maximum atomic E-state index is 14.3. The molecule has 2 heterocycles. The van der Waals surface area contributed by atoms with E-state index in [0.29, 0.717) is 22.5 Å². The van der Waals surface area contributed by atoms with Gasteiger partial charge in [0.25, 0.3) is 0 Å². The number of benzene rings is 3. The maximum absolute atomic E-state index is 14.3. The number of nitrogens with one attached hydrogen (secondary N) is 1. The van der Waals surface area contributed by atoms with E-state index in [0.717, 1.165) is 11.1 Å². The largest absolute Gasteiger partial charge is 0.325 e. The van der Waals surface area contributed by atoms with Gasteiger partial charge in [-0.25, -0.2) is 0 Å². The average molecular weight is 430 g/mol. The molecule has 0 aromatic heterocycles. The van der Waals surface area contributed by atoms with Gasteiger partial charge in [0.2, 0.25) is 11.8 Å². The number of anilines is 2. The number of hydrogen-bond donors (Lipinski definition) is 1. The first-order valence-electron chi connectivity index (χ1n) is 10.7. The number of carbonyl (C=O) groups excluding carboxylic acids is 2. The Morgan fingerprint density at radius 1 is 0.879 bits per heavy atom. The van der Waals surface area contributed by atoms with Gasteiger partial charge in [-0.3, -0.25) is 9.59 Å². The molecule has 3 aromatic rings. The van der Waals surface area contributed by atoms with Crippen LogP contribution in [0.4, 0.5) is 11.4 Å². The van der Waals surface area contributed by atoms with E-state index in [2.05, 4.69) is 17.5 Å². The SMILES string of the molecule is Cc1ccc2c(c1)[C@@]1(C(=O)N2)C(C#N)(C#N)[C@@]12C(=O)N(Cc1ccccc1)c1ccccc12. The van der Waals surface area contributed by atoms with Gasteiger partial charge in [0.05, 0.1) is 18.7 Å². The van der Waals surface area contributed by atoms with E-state index in [-0.39, 0.29) is 12.5 Å². The molecule has 1 fully saturated rings. The van der Waals surface area contributed by atoms with Crippen LogP contribution < -0.4 is 10.2 Å². The van der Waals surface area contributed by atoms with Crippen molar-refractivity contribution in [3.05, 3.63) is 95.1 Å². The number of rotatable bonds is 2. The predicted octanol–water partition coefficient (Wildman–Crippen LogP) is 3.72. The highest BCUT2D eigenvalue weighted by molar-refractivity contribution is 6.26. The monoisotopic (exact) mass is 430 g/mol. The molecule has 3 aliphatic rings. The Balaban J connectivity index is 1.65. The molecule has 1 saturated carbocycles. The molecule has 2 aliphatic heterocycles. The van der Waals surface area contributed by atoms with Crippen LogP contribution in [0.3, 0.4) is 0 Å². The number of hydrogen-bond acceptors (Lipinski definition) is 4. The molecule has 33 heavy (non-hydrogen) atoms. The zero-order valence-corrected chi connectivity index (χ0v) is 17.8. The average Bonchev–Trinajstić information content (AvgIpc) is 3.17. The van der Waals surface area contributed by atoms with Crippen LogP contribution in [0.15, 0.2) is 72.8 Å². The molecule has 0 saturated heterocycles. The van der Waals surface area contributed by atoms with E-state index < -0.39 is 22.2 Å². The number of aryl methyl sites for hydroxylation is 1. The molecule has 1 aliphatic carbocycles. The fraction of sp³-hybridized carbons (Fsp3) is 0.185. The molecule has 6 rings (SSSR count). The third-order valence-electron chi connectivity index (χ3n) is 7.48. The Morgan fingerprint density at radius 2 is 1.58 bits per heavy atom.